The zero-order valence-electron chi connectivity index (χ0n) is 12.1. The third kappa shape index (κ3) is 5.59. The number of rotatable bonds is 5. The van der Waals surface area contributed by atoms with Crippen LogP contribution in [0.1, 0.15) is 39.7 Å². The molecular weight excluding hydrogens is 307 g/mol. The van der Waals surface area contributed by atoms with Crippen molar-refractivity contribution in [1.82, 2.24) is 5.43 Å². The second kappa shape index (κ2) is 6.82. The SMILES string of the molecule is CC(CC(Cc1cc(F)cc(Br)c1)NN)C(C)(C)C. The lowest BCUT2D eigenvalue weighted by molar-refractivity contribution is 0.222. The number of nitrogens with two attached hydrogens (primary N) is 1. The minimum absolute atomic E-state index is 0.155. The molecule has 1 aromatic rings. The van der Waals surface area contributed by atoms with E-state index >= 15 is 0 Å². The molecular formula is C15H24BrFN2. The van der Waals surface area contributed by atoms with Crippen LogP contribution in [0.2, 0.25) is 0 Å². The molecule has 2 atom stereocenters. The number of halogens is 2. The Morgan fingerprint density at radius 1 is 1.32 bits per heavy atom. The quantitative estimate of drug-likeness (QED) is 0.631. The van der Waals surface area contributed by atoms with Gasteiger partial charge in [-0.2, -0.15) is 0 Å². The monoisotopic (exact) mass is 330 g/mol. The minimum Gasteiger partial charge on any atom is -0.271 e. The number of hydrazine groups is 1. The molecule has 2 nitrogen and oxygen atoms in total. The highest BCUT2D eigenvalue weighted by Crippen LogP contribution is 2.29. The van der Waals surface area contributed by atoms with Crippen molar-refractivity contribution in [3.63, 3.8) is 0 Å². The summed E-state index contributed by atoms with van der Waals surface area (Å²) >= 11 is 3.32. The summed E-state index contributed by atoms with van der Waals surface area (Å²) in [6.45, 7) is 8.91. The molecule has 0 fully saturated rings. The maximum Gasteiger partial charge on any atom is 0.124 e. The van der Waals surface area contributed by atoms with Crippen molar-refractivity contribution in [3.8, 4) is 0 Å². The molecule has 3 N–H and O–H groups in total. The molecule has 4 heteroatoms. The Morgan fingerprint density at radius 3 is 2.42 bits per heavy atom. The van der Waals surface area contributed by atoms with Gasteiger partial charge in [-0.1, -0.05) is 43.6 Å². The van der Waals surface area contributed by atoms with Crippen LogP contribution in [0.25, 0.3) is 0 Å². The Bertz CT molecular complexity index is 395. The average molecular weight is 331 g/mol. The van der Waals surface area contributed by atoms with Crippen LogP contribution in [-0.2, 0) is 6.42 Å². The fraction of sp³-hybridized carbons (Fsp3) is 0.600. The van der Waals surface area contributed by atoms with Gasteiger partial charge in [-0.25, -0.2) is 4.39 Å². The molecule has 19 heavy (non-hydrogen) atoms. The van der Waals surface area contributed by atoms with Crippen molar-refractivity contribution >= 4 is 15.9 Å². The Kier molecular flexibility index (Phi) is 5.96. The van der Waals surface area contributed by atoms with Gasteiger partial charge in [0.05, 0.1) is 0 Å². The van der Waals surface area contributed by atoms with Crippen LogP contribution in [0.3, 0.4) is 0 Å². The van der Waals surface area contributed by atoms with E-state index in [0.717, 1.165) is 22.9 Å². The van der Waals surface area contributed by atoms with Gasteiger partial charge in [0.1, 0.15) is 5.82 Å². The van der Waals surface area contributed by atoms with Gasteiger partial charge in [-0.3, -0.25) is 11.3 Å². The van der Waals surface area contributed by atoms with Gasteiger partial charge in [0.15, 0.2) is 0 Å². The fourth-order valence-electron chi connectivity index (χ4n) is 2.00. The summed E-state index contributed by atoms with van der Waals surface area (Å²) in [4.78, 5) is 0. The molecule has 0 aliphatic rings. The molecule has 0 amide bonds. The van der Waals surface area contributed by atoms with E-state index in [1.54, 1.807) is 6.07 Å². The highest BCUT2D eigenvalue weighted by atomic mass is 79.9. The third-order valence-electron chi connectivity index (χ3n) is 3.76. The molecule has 108 valence electrons. The Balaban J connectivity index is 2.71. The second-order valence-corrected chi connectivity index (χ2v) is 7.26. The van der Waals surface area contributed by atoms with Crippen LogP contribution in [0, 0.1) is 17.2 Å². The smallest absolute Gasteiger partial charge is 0.124 e. The summed E-state index contributed by atoms with van der Waals surface area (Å²) in [7, 11) is 0. The van der Waals surface area contributed by atoms with Gasteiger partial charge in [0.2, 0.25) is 0 Å². The van der Waals surface area contributed by atoms with Crippen molar-refractivity contribution in [3.05, 3.63) is 34.1 Å². The molecule has 1 aromatic carbocycles. The van der Waals surface area contributed by atoms with Crippen LogP contribution in [0.15, 0.2) is 22.7 Å². The van der Waals surface area contributed by atoms with Gasteiger partial charge in [-0.15, -0.1) is 0 Å². The molecule has 0 aromatic heterocycles. The van der Waals surface area contributed by atoms with Crippen molar-refractivity contribution in [2.24, 2.45) is 17.2 Å². The molecule has 2 unspecified atom stereocenters. The molecule has 0 bridgehead atoms. The van der Waals surface area contributed by atoms with Crippen LogP contribution >= 0.6 is 15.9 Å². The predicted octanol–water partition coefficient (Wildman–Crippen LogP) is 4.03. The van der Waals surface area contributed by atoms with E-state index in [1.807, 2.05) is 6.07 Å². The first-order valence-electron chi connectivity index (χ1n) is 6.63. The molecule has 1 rings (SSSR count). The van der Waals surface area contributed by atoms with Gasteiger partial charge in [0, 0.05) is 10.5 Å². The molecule has 0 saturated carbocycles. The summed E-state index contributed by atoms with van der Waals surface area (Å²) < 4.78 is 14.1. The Morgan fingerprint density at radius 2 is 1.95 bits per heavy atom. The first-order chi connectivity index (χ1) is 8.72. The summed E-state index contributed by atoms with van der Waals surface area (Å²) in [5.74, 6) is 5.95. The zero-order chi connectivity index (χ0) is 14.6. The van der Waals surface area contributed by atoms with E-state index in [-0.39, 0.29) is 17.3 Å². The number of benzene rings is 1. The highest BCUT2D eigenvalue weighted by Gasteiger charge is 2.23. The molecule has 0 saturated heterocycles. The standard InChI is InChI=1S/C15H24BrFN2/c1-10(15(2,3)4)5-14(19-18)8-11-6-12(16)9-13(17)7-11/h6-7,9-10,14,19H,5,8,18H2,1-4H3. The van der Waals surface area contributed by atoms with Crippen LogP contribution in [0.4, 0.5) is 4.39 Å². The van der Waals surface area contributed by atoms with Gasteiger partial charge in [-0.05, 0) is 47.9 Å². The number of nitrogens with one attached hydrogen (secondary N) is 1. The third-order valence-corrected chi connectivity index (χ3v) is 4.21. The fourth-order valence-corrected chi connectivity index (χ4v) is 2.52. The van der Waals surface area contributed by atoms with Crippen LogP contribution in [-0.4, -0.2) is 6.04 Å². The molecule has 0 aliphatic heterocycles. The van der Waals surface area contributed by atoms with Gasteiger partial charge >= 0.3 is 0 Å². The van der Waals surface area contributed by atoms with E-state index in [0.29, 0.717) is 5.92 Å². The topological polar surface area (TPSA) is 38.0 Å². The lowest BCUT2D eigenvalue weighted by Crippen LogP contribution is -2.39. The van der Waals surface area contributed by atoms with Crippen LogP contribution < -0.4 is 11.3 Å². The first kappa shape index (κ1) is 16.6. The van der Waals surface area contributed by atoms with Gasteiger partial charge in [0.25, 0.3) is 0 Å². The minimum atomic E-state index is -0.219. The lowest BCUT2D eigenvalue weighted by Gasteiger charge is -2.30. The summed E-state index contributed by atoms with van der Waals surface area (Å²) in [5, 5.41) is 0. The average Bonchev–Trinajstić information content (AvgIpc) is 2.25. The molecule has 0 aliphatic carbocycles. The Hall–Kier alpha value is -0.450. The molecule has 0 radical (unpaired) electrons. The molecule has 0 heterocycles. The summed E-state index contributed by atoms with van der Waals surface area (Å²) in [6.07, 6.45) is 1.70. The van der Waals surface area contributed by atoms with Crippen molar-refractivity contribution in [2.75, 3.05) is 0 Å². The van der Waals surface area contributed by atoms with E-state index in [2.05, 4.69) is 49.1 Å². The summed E-state index contributed by atoms with van der Waals surface area (Å²) in [6, 6.07) is 5.13. The zero-order valence-corrected chi connectivity index (χ0v) is 13.7. The molecule has 0 spiro atoms. The number of hydrogen-bond donors (Lipinski definition) is 2. The lowest BCUT2D eigenvalue weighted by atomic mass is 9.78. The van der Waals surface area contributed by atoms with Crippen LogP contribution in [0.5, 0.6) is 0 Å². The first-order valence-corrected chi connectivity index (χ1v) is 7.42. The van der Waals surface area contributed by atoms with Crippen molar-refractivity contribution < 1.29 is 4.39 Å². The normalized spacial score (nSPS) is 15.3. The van der Waals surface area contributed by atoms with E-state index in [4.69, 9.17) is 5.84 Å². The maximum absolute atomic E-state index is 13.4. The maximum atomic E-state index is 13.4. The van der Waals surface area contributed by atoms with Gasteiger partial charge < -0.3 is 0 Å². The highest BCUT2D eigenvalue weighted by molar-refractivity contribution is 9.10. The largest absolute Gasteiger partial charge is 0.271 e. The van der Waals surface area contributed by atoms with E-state index < -0.39 is 0 Å². The van der Waals surface area contributed by atoms with Crippen molar-refractivity contribution in [2.45, 2.75) is 46.6 Å². The second-order valence-electron chi connectivity index (χ2n) is 6.35. The summed E-state index contributed by atoms with van der Waals surface area (Å²) in [5.41, 5.74) is 4.06. The van der Waals surface area contributed by atoms with Crippen molar-refractivity contribution in [1.29, 1.82) is 0 Å². The van der Waals surface area contributed by atoms with E-state index in [1.165, 1.54) is 6.07 Å². The van der Waals surface area contributed by atoms with E-state index in [9.17, 15) is 4.39 Å². The predicted molar refractivity (Wildman–Crippen MR) is 82.2 cm³/mol. The Labute approximate surface area is 124 Å². The number of hydrogen-bond acceptors (Lipinski definition) is 2.